The van der Waals surface area contributed by atoms with E-state index in [0.717, 1.165) is 11.6 Å². The molecule has 2 aromatic carbocycles. The molecule has 2 aromatic rings. The molecule has 0 unspecified atom stereocenters. The predicted molar refractivity (Wildman–Crippen MR) is 94.5 cm³/mol. The quantitative estimate of drug-likeness (QED) is 0.457. The third kappa shape index (κ3) is 4.14. The van der Waals surface area contributed by atoms with Crippen LogP contribution in [0.1, 0.15) is 5.56 Å². The van der Waals surface area contributed by atoms with Gasteiger partial charge in [-0.1, -0.05) is 35.3 Å². The third-order valence-electron chi connectivity index (χ3n) is 3.35. The second kappa shape index (κ2) is 6.70. The van der Waals surface area contributed by atoms with Crippen molar-refractivity contribution in [2.45, 2.75) is 11.4 Å². The van der Waals surface area contributed by atoms with E-state index in [9.17, 15) is 13.5 Å². The van der Waals surface area contributed by atoms with Crippen molar-refractivity contribution in [2.75, 3.05) is 0 Å². The van der Waals surface area contributed by atoms with Gasteiger partial charge in [0.2, 0.25) is 0 Å². The van der Waals surface area contributed by atoms with Gasteiger partial charge in [-0.2, -0.15) is 13.8 Å². The van der Waals surface area contributed by atoms with Crippen LogP contribution in [0.3, 0.4) is 0 Å². The Morgan fingerprint density at radius 2 is 2.00 bits per heavy atom. The number of halogens is 2. The summed E-state index contributed by atoms with van der Waals surface area (Å²) in [4.78, 5) is -0.381. The number of fused-ring (bicyclic) bond motifs is 1. The maximum atomic E-state index is 11.3. The average molecular weight is 403 g/mol. The number of phenolic OH excluding ortho intramolecular Hbond substituents is 1. The zero-order valence-electron chi connectivity index (χ0n) is 12.4. The van der Waals surface area contributed by atoms with Crippen LogP contribution in [0.4, 0.5) is 0 Å². The molecule has 25 heavy (non-hydrogen) atoms. The molecule has 0 atom stereocenters. The SMILES string of the molecule is O=S(=O)(O)c1cc(O)c2ccc(CNN3N=C(Cl)C=C(Cl)N3)cc2c1. The van der Waals surface area contributed by atoms with Gasteiger partial charge < -0.3 is 5.11 Å². The fraction of sp³-hybridized carbons (Fsp3) is 0.0714. The van der Waals surface area contributed by atoms with Gasteiger partial charge >= 0.3 is 0 Å². The van der Waals surface area contributed by atoms with Crippen molar-refractivity contribution in [1.82, 2.24) is 16.1 Å². The largest absolute Gasteiger partial charge is 0.507 e. The monoisotopic (exact) mass is 402 g/mol. The van der Waals surface area contributed by atoms with Gasteiger partial charge in [-0.15, -0.1) is 10.3 Å². The van der Waals surface area contributed by atoms with Crippen molar-refractivity contribution in [3.63, 3.8) is 0 Å². The number of nitrogens with zero attached hydrogens (tertiary/aromatic N) is 2. The Morgan fingerprint density at radius 1 is 1.24 bits per heavy atom. The molecule has 0 fully saturated rings. The lowest BCUT2D eigenvalue weighted by Crippen LogP contribution is -2.44. The van der Waals surface area contributed by atoms with Crippen LogP contribution in [0.25, 0.3) is 10.8 Å². The highest BCUT2D eigenvalue weighted by Gasteiger charge is 2.14. The van der Waals surface area contributed by atoms with E-state index in [-0.39, 0.29) is 21.0 Å². The van der Waals surface area contributed by atoms with Crippen LogP contribution in [0, 0.1) is 0 Å². The predicted octanol–water partition coefficient (Wildman–Crippen LogP) is 2.25. The lowest BCUT2D eigenvalue weighted by atomic mass is 10.1. The van der Waals surface area contributed by atoms with E-state index in [1.54, 1.807) is 18.2 Å². The molecule has 8 nitrogen and oxygen atoms in total. The molecule has 1 aliphatic rings. The van der Waals surface area contributed by atoms with Gasteiger partial charge in [0.1, 0.15) is 10.9 Å². The van der Waals surface area contributed by atoms with E-state index in [0.29, 0.717) is 17.3 Å². The number of phenols is 1. The molecule has 0 aliphatic carbocycles. The molecule has 0 amide bonds. The van der Waals surface area contributed by atoms with Crippen molar-refractivity contribution in [3.8, 4) is 5.75 Å². The molecule has 1 heterocycles. The number of nitrogens with one attached hydrogen (secondary N) is 2. The summed E-state index contributed by atoms with van der Waals surface area (Å²) in [6, 6.07) is 7.33. The first-order valence-electron chi connectivity index (χ1n) is 6.87. The first-order valence-corrected chi connectivity index (χ1v) is 9.07. The molecule has 0 aromatic heterocycles. The van der Waals surface area contributed by atoms with Crippen molar-refractivity contribution in [1.29, 1.82) is 0 Å². The zero-order chi connectivity index (χ0) is 18.2. The van der Waals surface area contributed by atoms with E-state index in [2.05, 4.69) is 16.0 Å². The summed E-state index contributed by atoms with van der Waals surface area (Å²) in [6.07, 6.45) is 1.44. The van der Waals surface area contributed by atoms with Gasteiger partial charge in [-0.25, -0.2) is 0 Å². The molecule has 0 radical (unpaired) electrons. The Balaban J connectivity index is 1.85. The molecule has 0 saturated carbocycles. The van der Waals surface area contributed by atoms with Gasteiger partial charge in [0.05, 0.1) is 4.90 Å². The summed E-state index contributed by atoms with van der Waals surface area (Å²) < 4.78 is 31.7. The van der Waals surface area contributed by atoms with Crippen molar-refractivity contribution >= 4 is 49.3 Å². The van der Waals surface area contributed by atoms with Crippen LogP contribution in [0.2, 0.25) is 0 Å². The highest BCUT2D eigenvalue weighted by Crippen LogP contribution is 2.29. The van der Waals surface area contributed by atoms with E-state index in [1.165, 1.54) is 17.4 Å². The van der Waals surface area contributed by atoms with Crippen molar-refractivity contribution < 1.29 is 18.1 Å². The first kappa shape index (κ1) is 17.8. The van der Waals surface area contributed by atoms with E-state index >= 15 is 0 Å². The second-order valence-corrected chi connectivity index (χ2v) is 7.36. The van der Waals surface area contributed by atoms with Crippen LogP contribution < -0.4 is 10.9 Å². The van der Waals surface area contributed by atoms with Crippen LogP contribution in [-0.2, 0) is 16.7 Å². The topological polar surface area (TPSA) is 114 Å². The zero-order valence-corrected chi connectivity index (χ0v) is 14.8. The number of aromatic hydroxyl groups is 1. The maximum Gasteiger partial charge on any atom is 0.294 e. The summed E-state index contributed by atoms with van der Waals surface area (Å²) in [6.45, 7) is 0.303. The molecule has 0 spiro atoms. The van der Waals surface area contributed by atoms with Gasteiger partial charge in [0, 0.05) is 24.1 Å². The van der Waals surface area contributed by atoms with Crippen LogP contribution >= 0.6 is 23.2 Å². The standard InChI is InChI=1S/C14H12Cl2N4O4S/c15-13-6-14(16)19-20(18-13)17-7-8-1-2-11-9(3-8)4-10(5-12(11)21)25(22,23)24/h1-6,17-18,21H,7H2,(H,22,23,24). The van der Waals surface area contributed by atoms with E-state index in [1.807, 2.05) is 0 Å². The number of allylic oxidation sites excluding steroid dienone is 1. The minimum Gasteiger partial charge on any atom is -0.507 e. The normalized spacial score (nSPS) is 14.9. The first-order chi connectivity index (χ1) is 11.7. The van der Waals surface area contributed by atoms with Gasteiger partial charge in [0.15, 0.2) is 5.17 Å². The summed E-state index contributed by atoms with van der Waals surface area (Å²) in [5.74, 6) is -0.240. The Morgan fingerprint density at radius 3 is 2.68 bits per heavy atom. The third-order valence-corrected chi connectivity index (χ3v) is 4.56. The summed E-state index contributed by atoms with van der Waals surface area (Å²) in [7, 11) is -4.42. The van der Waals surface area contributed by atoms with E-state index in [4.69, 9.17) is 27.8 Å². The summed E-state index contributed by atoms with van der Waals surface area (Å²) >= 11 is 11.6. The number of hydrazone groups is 1. The van der Waals surface area contributed by atoms with Crippen LogP contribution in [0.15, 0.2) is 51.6 Å². The smallest absolute Gasteiger partial charge is 0.294 e. The highest BCUT2D eigenvalue weighted by atomic mass is 35.5. The lowest BCUT2D eigenvalue weighted by molar-refractivity contribution is 0.138. The minimum absolute atomic E-state index is 0.192. The fourth-order valence-electron chi connectivity index (χ4n) is 2.26. The van der Waals surface area contributed by atoms with Crippen molar-refractivity contribution in [2.24, 2.45) is 5.10 Å². The maximum absolute atomic E-state index is 11.3. The number of rotatable bonds is 4. The molecule has 11 heteroatoms. The molecule has 132 valence electrons. The molecule has 0 saturated heterocycles. The number of benzene rings is 2. The highest BCUT2D eigenvalue weighted by molar-refractivity contribution is 7.85. The Kier molecular flexibility index (Phi) is 4.76. The molecule has 1 aliphatic heterocycles. The van der Waals surface area contributed by atoms with Crippen LogP contribution in [0.5, 0.6) is 5.75 Å². The number of hydrogen-bond acceptors (Lipinski definition) is 7. The average Bonchev–Trinajstić information content (AvgIpc) is 2.51. The Hall–Kier alpha value is -2.04. The second-order valence-electron chi connectivity index (χ2n) is 5.15. The molecule has 3 rings (SSSR count). The van der Waals surface area contributed by atoms with E-state index < -0.39 is 10.1 Å². The summed E-state index contributed by atoms with van der Waals surface area (Å²) in [5, 5.41) is 16.5. The fourth-order valence-corrected chi connectivity index (χ4v) is 3.22. The van der Waals surface area contributed by atoms with Gasteiger partial charge in [-0.05, 0) is 23.1 Å². The Bertz CT molecular complexity index is 1010. The molecular weight excluding hydrogens is 391 g/mol. The van der Waals surface area contributed by atoms with Crippen molar-refractivity contribution in [3.05, 3.63) is 47.1 Å². The Labute approximate surface area is 153 Å². The number of hydrogen-bond donors (Lipinski definition) is 4. The van der Waals surface area contributed by atoms with Gasteiger partial charge in [0.25, 0.3) is 10.1 Å². The number of hydrazine groups is 2. The minimum atomic E-state index is -4.42. The molecule has 4 N–H and O–H groups in total. The van der Waals surface area contributed by atoms with Gasteiger partial charge in [-0.3, -0.25) is 9.98 Å². The van der Waals surface area contributed by atoms with Crippen LogP contribution in [-0.4, -0.2) is 28.5 Å². The molecular formula is C14H12Cl2N4O4S. The summed E-state index contributed by atoms with van der Waals surface area (Å²) in [5.41, 5.74) is 6.40. The molecule has 0 bridgehead atoms. The lowest BCUT2D eigenvalue weighted by Gasteiger charge is -2.23.